The van der Waals surface area contributed by atoms with Crippen LogP contribution in [0.15, 0.2) is 14.7 Å². The van der Waals surface area contributed by atoms with Gasteiger partial charge in [0, 0.05) is 20.3 Å². The Hall–Kier alpha value is -0.480. The molecule has 0 amide bonds. The number of hydrogen-bond donors (Lipinski definition) is 2. The van der Waals surface area contributed by atoms with Gasteiger partial charge in [0.25, 0.3) is 0 Å². The van der Waals surface area contributed by atoms with Crippen LogP contribution >= 0.6 is 27.3 Å². The third-order valence-electron chi connectivity index (χ3n) is 1.97. The van der Waals surface area contributed by atoms with E-state index in [2.05, 4.69) is 20.7 Å². The second-order valence-corrected chi connectivity index (χ2v) is 7.40. The number of aromatic carboxylic acids is 1. The highest BCUT2D eigenvalue weighted by Crippen LogP contribution is 2.31. The Morgan fingerprint density at radius 1 is 1.61 bits per heavy atom. The molecule has 0 atom stereocenters. The minimum Gasteiger partial charge on any atom is -0.477 e. The Labute approximate surface area is 117 Å². The lowest BCUT2D eigenvalue weighted by Gasteiger charge is -2.04. The molecule has 0 spiro atoms. The van der Waals surface area contributed by atoms with Crippen molar-refractivity contribution in [3.8, 4) is 0 Å². The largest absolute Gasteiger partial charge is 0.477 e. The summed E-state index contributed by atoms with van der Waals surface area (Å²) in [4.78, 5) is 10.7. The molecule has 6 nitrogen and oxygen atoms in total. The molecule has 102 valence electrons. The summed E-state index contributed by atoms with van der Waals surface area (Å²) in [6.45, 7) is 0.689. The summed E-state index contributed by atoms with van der Waals surface area (Å²) in [7, 11) is -2.16. The molecule has 0 saturated carbocycles. The predicted molar refractivity (Wildman–Crippen MR) is 70.7 cm³/mol. The zero-order chi connectivity index (χ0) is 13.8. The van der Waals surface area contributed by atoms with E-state index in [9.17, 15) is 13.2 Å². The van der Waals surface area contributed by atoms with Crippen molar-refractivity contribution >= 4 is 43.3 Å². The minimum atomic E-state index is -3.69. The fraction of sp³-hybridized carbons (Fsp3) is 0.444. The molecule has 0 aromatic carbocycles. The second-order valence-electron chi connectivity index (χ2n) is 3.30. The van der Waals surface area contributed by atoms with Crippen molar-refractivity contribution in [3.63, 3.8) is 0 Å². The van der Waals surface area contributed by atoms with Gasteiger partial charge in [0.2, 0.25) is 10.0 Å². The molecule has 0 aliphatic carbocycles. The first-order chi connectivity index (χ1) is 8.38. The maximum Gasteiger partial charge on any atom is 0.345 e. The topological polar surface area (TPSA) is 92.7 Å². The van der Waals surface area contributed by atoms with Crippen LogP contribution in [0, 0.1) is 0 Å². The van der Waals surface area contributed by atoms with E-state index >= 15 is 0 Å². The van der Waals surface area contributed by atoms with Crippen molar-refractivity contribution in [3.05, 3.63) is 14.7 Å². The average Bonchev–Trinajstić information content (AvgIpc) is 2.68. The van der Waals surface area contributed by atoms with Gasteiger partial charge in [-0.1, -0.05) is 0 Å². The number of ether oxygens (including phenoxy) is 1. The van der Waals surface area contributed by atoms with E-state index in [1.165, 1.54) is 7.11 Å². The molecule has 0 aliphatic rings. The lowest BCUT2D eigenvalue weighted by molar-refractivity contribution is 0.0702. The Morgan fingerprint density at radius 3 is 2.78 bits per heavy atom. The molecule has 0 saturated heterocycles. The van der Waals surface area contributed by atoms with E-state index < -0.39 is 16.0 Å². The van der Waals surface area contributed by atoms with Crippen LogP contribution in [0.5, 0.6) is 0 Å². The molecule has 9 heteroatoms. The second kappa shape index (κ2) is 6.62. The van der Waals surface area contributed by atoms with Crippen LogP contribution in [0.25, 0.3) is 0 Å². The lowest BCUT2D eigenvalue weighted by atomic mass is 10.5. The maximum atomic E-state index is 11.9. The molecule has 18 heavy (non-hydrogen) atoms. The molecule has 0 bridgehead atoms. The molecule has 2 N–H and O–H groups in total. The fourth-order valence-corrected chi connectivity index (χ4v) is 4.62. The number of carboxylic acid groups (broad SMARTS) is 1. The highest BCUT2D eigenvalue weighted by molar-refractivity contribution is 9.11. The lowest BCUT2D eigenvalue weighted by Crippen LogP contribution is -2.25. The number of sulfonamides is 1. The van der Waals surface area contributed by atoms with Crippen LogP contribution < -0.4 is 4.72 Å². The number of carboxylic acids is 1. The zero-order valence-electron chi connectivity index (χ0n) is 9.47. The standard InChI is InChI=1S/C9H12BrNO5S2/c1-16-4-2-3-11-18(14,15)7-5-6(9(12)13)17-8(7)10/h5,11H,2-4H2,1H3,(H,12,13). The number of halogens is 1. The van der Waals surface area contributed by atoms with Gasteiger partial charge in [-0.15, -0.1) is 11.3 Å². The summed E-state index contributed by atoms with van der Waals surface area (Å²) >= 11 is 3.92. The molecule has 0 radical (unpaired) electrons. The fourth-order valence-electron chi connectivity index (χ4n) is 1.14. The summed E-state index contributed by atoms with van der Waals surface area (Å²) < 4.78 is 31.2. The van der Waals surface area contributed by atoms with Crippen molar-refractivity contribution in [2.75, 3.05) is 20.3 Å². The normalized spacial score (nSPS) is 11.7. The summed E-state index contributed by atoms with van der Waals surface area (Å²) in [5.74, 6) is -1.15. The number of thiophene rings is 1. The van der Waals surface area contributed by atoms with E-state index in [-0.39, 0.29) is 20.1 Å². The van der Waals surface area contributed by atoms with Crippen molar-refractivity contribution in [1.82, 2.24) is 4.72 Å². The molecular weight excluding hydrogens is 346 g/mol. The van der Waals surface area contributed by atoms with Gasteiger partial charge in [0.05, 0.1) is 3.79 Å². The van der Waals surface area contributed by atoms with Gasteiger partial charge in [-0.25, -0.2) is 17.9 Å². The van der Waals surface area contributed by atoms with Crippen LogP contribution in [-0.4, -0.2) is 39.8 Å². The van der Waals surface area contributed by atoms with E-state index in [0.29, 0.717) is 13.0 Å². The van der Waals surface area contributed by atoms with Gasteiger partial charge in [0.1, 0.15) is 9.77 Å². The van der Waals surface area contributed by atoms with Gasteiger partial charge in [0.15, 0.2) is 0 Å². The number of carbonyl (C=O) groups is 1. The molecular formula is C9H12BrNO5S2. The van der Waals surface area contributed by atoms with Crippen LogP contribution in [0.1, 0.15) is 16.1 Å². The molecule has 0 fully saturated rings. The van der Waals surface area contributed by atoms with E-state index in [1.54, 1.807) is 0 Å². The van der Waals surface area contributed by atoms with Crippen molar-refractivity contribution in [2.45, 2.75) is 11.3 Å². The maximum absolute atomic E-state index is 11.9. The van der Waals surface area contributed by atoms with Gasteiger partial charge < -0.3 is 9.84 Å². The van der Waals surface area contributed by atoms with E-state index in [1.807, 2.05) is 0 Å². The summed E-state index contributed by atoms with van der Waals surface area (Å²) in [5.41, 5.74) is 0. The predicted octanol–water partition coefficient (Wildman–Crippen LogP) is 1.52. The number of rotatable bonds is 7. The SMILES string of the molecule is COCCCNS(=O)(=O)c1cc(C(=O)O)sc1Br. The van der Waals surface area contributed by atoms with Crippen LogP contribution in [0.4, 0.5) is 0 Å². The van der Waals surface area contributed by atoms with Crippen molar-refractivity contribution in [1.29, 1.82) is 0 Å². The molecule has 1 heterocycles. The van der Waals surface area contributed by atoms with E-state index in [4.69, 9.17) is 9.84 Å². The zero-order valence-corrected chi connectivity index (χ0v) is 12.7. The van der Waals surface area contributed by atoms with Crippen LogP contribution in [0.3, 0.4) is 0 Å². The summed E-state index contributed by atoms with van der Waals surface area (Å²) in [6, 6.07) is 1.13. The number of methoxy groups -OCH3 is 1. The summed E-state index contributed by atoms with van der Waals surface area (Å²) in [5, 5.41) is 8.79. The average molecular weight is 358 g/mol. The van der Waals surface area contributed by atoms with E-state index in [0.717, 1.165) is 17.4 Å². The molecule has 0 aliphatic heterocycles. The molecule has 1 aromatic rings. The van der Waals surface area contributed by atoms with Gasteiger partial charge in [-0.2, -0.15) is 0 Å². The number of hydrogen-bond acceptors (Lipinski definition) is 5. The van der Waals surface area contributed by atoms with Crippen LogP contribution in [0.2, 0.25) is 0 Å². The highest BCUT2D eigenvalue weighted by atomic mass is 79.9. The Bertz CT molecular complexity index is 525. The molecule has 1 rings (SSSR count). The first-order valence-electron chi connectivity index (χ1n) is 4.89. The van der Waals surface area contributed by atoms with Crippen molar-refractivity contribution < 1.29 is 23.1 Å². The van der Waals surface area contributed by atoms with Crippen molar-refractivity contribution in [2.24, 2.45) is 0 Å². The van der Waals surface area contributed by atoms with Gasteiger partial charge in [-0.3, -0.25) is 0 Å². The van der Waals surface area contributed by atoms with Gasteiger partial charge >= 0.3 is 5.97 Å². The highest BCUT2D eigenvalue weighted by Gasteiger charge is 2.22. The first kappa shape index (κ1) is 15.6. The first-order valence-corrected chi connectivity index (χ1v) is 7.99. The molecule has 1 aromatic heterocycles. The Morgan fingerprint density at radius 2 is 2.28 bits per heavy atom. The Balaban J connectivity index is 2.81. The third kappa shape index (κ3) is 4.02. The number of nitrogens with one attached hydrogen (secondary N) is 1. The monoisotopic (exact) mass is 357 g/mol. The summed E-state index contributed by atoms with van der Waals surface area (Å²) in [6.07, 6.45) is 0.545. The molecule has 0 unspecified atom stereocenters. The van der Waals surface area contributed by atoms with Gasteiger partial charge in [-0.05, 0) is 28.4 Å². The van der Waals surface area contributed by atoms with Crippen LogP contribution in [-0.2, 0) is 14.8 Å². The third-order valence-corrected chi connectivity index (χ3v) is 5.67. The quantitative estimate of drug-likeness (QED) is 0.721. The Kier molecular flexibility index (Phi) is 5.73. The minimum absolute atomic E-state index is 0.0286. The smallest absolute Gasteiger partial charge is 0.345 e.